The number of aromatic hydroxyl groups is 2. The molecule has 0 spiro atoms. The largest absolute Gasteiger partial charge is 0.507 e. The lowest BCUT2D eigenvalue weighted by atomic mass is 9.83. The van der Waals surface area contributed by atoms with Gasteiger partial charge in [-0.1, -0.05) is 18.2 Å². The zero-order chi connectivity index (χ0) is 41.7. The Balaban J connectivity index is 1.34. The number of aromatic nitrogens is 1. The number of phenols is 2. The molecule has 58 heavy (non-hydrogen) atoms. The van der Waals surface area contributed by atoms with Crippen LogP contribution in [0.15, 0.2) is 47.3 Å². The predicted molar refractivity (Wildman–Crippen MR) is 215 cm³/mol. The second-order valence-electron chi connectivity index (χ2n) is 15.5. The third kappa shape index (κ3) is 9.00. The van der Waals surface area contributed by atoms with Gasteiger partial charge in [-0.15, -0.1) is 0 Å². The van der Waals surface area contributed by atoms with Crippen LogP contribution in [0.1, 0.15) is 110 Å². The Morgan fingerprint density at radius 2 is 1.69 bits per heavy atom. The number of Topliss-reactive ketones (excluding diaryl/α,β-unsaturated/α-hetero) is 1. The third-order valence-electron chi connectivity index (χ3n) is 11.4. The summed E-state index contributed by atoms with van der Waals surface area (Å²) in [5.41, 5.74) is 1.10. The maximum Gasteiger partial charge on any atom is 0.342 e. The van der Waals surface area contributed by atoms with Gasteiger partial charge in [-0.25, -0.2) is 4.79 Å². The summed E-state index contributed by atoms with van der Waals surface area (Å²) in [7, 11) is 4.31. The summed E-state index contributed by atoms with van der Waals surface area (Å²) in [6.45, 7) is 4.69. The molecular weight excluding hydrogens is 746 g/mol. The normalized spacial score (nSPS) is 20.7. The van der Waals surface area contributed by atoms with Crippen LogP contribution in [0.25, 0.3) is 6.08 Å². The molecule has 2 bridgehead atoms. The van der Waals surface area contributed by atoms with Crippen molar-refractivity contribution in [1.82, 2.24) is 14.8 Å². The molecule has 3 aromatic rings. The molecule has 0 saturated carbocycles. The van der Waals surface area contributed by atoms with E-state index in [1.807, 2.05) is 6.07 Å². The van der Waals surface area contributed by atoms with Crippen LogP contribution in [0.5, 0.6) is 28.7 Å². The van der Waals surface area contributed by atoms with Crippen LogP contribution in [0.3, 0.4) is 0 Å². The number of pyridine rings is 1. The summed E-state index contributed by atoms with van der Waals surface area (Å²) in [5.74, 6) is -2.76. The number of esters is 1. The van der Waals surface area contributed by atoms with Crippen molar-refractivity contribution < 1.29 is 48.3 Å². The van der Waals surface area contributed by atoms with Crippen molar-refractivity contribution in [3.63, 3.8) is 0 Å². The molecule has 2 amide bonds. The summed E-state index contributed by atoms with van der Waals surface area (Å²) in [4.78, 5) is 68.4. The molecule has 0 radical (unpaired) electrons. The minimum Gasteiger partial charge on any atom is -0.507 e. The van der Waals surface area contributed by atoms with Gasteiger partial charge < -0.3 is 43.9 Å². The number of benzene rings is 2. The highest BCUT2D eigenvalue weighted by molar-refractivity contribution is 5.98. The molecule has 2 aromatic carbocycles. The minimum atomic E-state index is -1.11. The number of amides is 2. The number of nitrogens with zero attached hydrogens (tertiary/aromatic N) is 2. The Labute approximate surface area is 337 Å². The fraction of sp³-hybridized carbons (Fsp3) is 0.477. The Morgan fingerprint density at radius 3 is 2.40 bits per heavy atom. The number of likely N-dealkylation sites (tertiary alicyclic amines) is 1. The number of nitrogens with one attached hydrogen (secondary N) is 1. The average molecular weight is 800 g/mol. The van der Waals surface area contributed by atoms with E-state index in [-0.39, 0.29) is 69.4 Å². The quantitative estimate of drug-likeness (QED) is 0.235. The zero-order valence-electron chi connectivity index (χ0n) is 33.7. The molecule has 310 valence electrons. The molecule has 3 aliphatic heterocycles. The molecular formula is C44H53N3O11. The van der Waals surface area contributed by atoms with E-state index in [0.717, 1.165) is 12.1 Å². The van der Waals surface area contributed by atoms with Gasteiger partial charge in [0, 0.05) is 68.1 Å². The Morgan fingerprint density at radius 1 is 0.966 bits per heavy atom. The van der Waals surface area contributed by atoms with Gasteiger partial charge in [-0.05, 0) is 87.3 Å². The van der Waals surface area contributed by atoms with Crippen molar-refractivity contribution in [2.45, 2.75) is 95.7 Å². The highest BCUT2D eigenvalue weighted by Gasteiger charge is 2.38. The summed E-state index contributed by atoms with van der Waals surface area (Å²) in [6, 6.07) is 8.80. The van der Waals surface area contributed by atoms with E-state index in [4.69, 9.17) is 18.9 Å². The molecule has 3 aliphatic rings. The van der Waals surface area contributed by atoms with Crippen LogP contribution in [-0.4, -0.2) is 89.8 Å². The van der Waals surface area contributed by atoms with Crippen LogP contribution in [0, 0.1) is 5.92 Å². The highest BCUT2D eigenvalue weighted by atomic mass is 16.5. The molecule has 0 aliphatic carbocycles. The van der Waals surface area contributed by atoms with E-state index in [9.17, 15) is 34.2 Å². The van der Waals surface area contributed by atoms with Gasteiger partial charge in [-0.2, -0.15) is 0 Å². The van der Waals surface area contributed by atoms with Crippen molar-refractivity contribution in [1.29, 1.82) is 0 Å². The number of cyclic esters (lactones) is 1. The Hall–Kier alpha value is -5.79. The monoisotopic (exact) mass is 799 g/mol. The van der Waals surface area contributed by atoms with Gasteiger partial charge in [0.05, 0.1) is 27.4 Å². The Kier molecular flexibility index (Phi) is 13.1. The van der Waals surface area contributed by atoms with E-state index >= 15 is 0 Å². The number of ketones is 1. The number of carbonyl (C=O) groups is 4. The van der Waals surface area contributed by atoms with E-state index in [1.54, 1.807) is 59.7 Å². The first-order chi connectivity index (χ1) is 27.8. The average Bonchev–Trinajstić information content (AvgIpc) is 3.19. The van der Waals surface area contributed by atoms with Crippen LogP contribution in [0.2, 0.25) is 0 Å². The highest BCUT2D eigenvalue weighted by Crippen LogP contribution is 2.48. The number of hydrogen-bond donors (Lipinski definition) is 3. The van der Waals surface area contributed by atoms with E-state index in [0.29, 0.717) is 63.7 Å². The summed E-state index contributed by atoms with van der Waals surface area (Å²) < 4.78 is 24.3. The SMILES string of the molecule is COc1cc(C(CC(=O)N[C@@H](C)C(=O)N2CC3CC(C2)c2cccc(=O)n2C3)c2c(O)cc3c(c2O)C(=O)O[C@@H](C)CCCC(=O)CCCC=C3)cc(OC)c1OC. The number of fused-ring (bicyclic) bond motifs is 5. The van der Waals surface area contributed by atoms with Gasteiger partial charge in [0.25, 0.3) is 5.56 Å². The number of carbonyl (C=O) groups excluding carboxylic acids is 4. The molecule has 14 heteroatoms. The van der Waals surface area contributed by atoms with Gasteiger partial charge in [0.15, 0.2) is 11.5 Å². The third-order valence-corrected chi connectivity index (χ3v) is 11.4. The van der Waals surface area contributed by atoms with Crippen molar-refractivity contribution in [3.05, 3.63) is 80.8 Å². The van der Waals surface area contributed by atoms with Crippen molar-refractivity contribution >= 4 is 29.6 Å². The second kappa shape index (κ2) is 18.2. The van der Waals surface area contributed by atoms with E-state index < -0.39 is 41.4 Å². The van der Waals surface area contributed by atoms with Crippen molar-refractivity contribution in [3.8, 4) is 28.7 Å². The van der Waals surface area contributed by atoms with Gasteiger partial charge in [0.2, 0.25) is 17.6 Å². The van der Waals surface area contributed by atoms with Crippen LogP contribution in [-0.2, 0) is 25.7 Å². The smallest absolute Gasteiger partial charge is 0.342 e. The van der Waals surface area contributed by atoms with Gasteiger partial charge in [0.1, 0.15) is 28.9 Å². The lowest BCUT2D eigenvalue weighted by molar-refractivity contribution is -0.138. The fourth-order valence-corrected chi connectivity index (χ4v) is 8.61. The predicted octanol–water partition coefficient (Wildman–Crippen LogP) is 5.44. The molecule has 6 rings (SSSR count). The summed E-state index contributed by atoms with van der Waals surface area (Å²) in [6.07, 6.45) is 6.17. The molecule has 1 saturated heterocycles. The first-order valence-electron chi connectivity index (χ1n) is 19.9. The van der Waals surface area contributed by atoms with Gasteiger partial charge >= 0.3 is 5.97 Å². The standard InChI is InChI=1S/C44H53N3O11/c1-25-11-9-14-31(48)13-8-6-7-12-28-18-34(49)40(41(52)39(28)44(54)58-25)32(29-19-35(55-3)42(57-5)36(20-29)56-4)21-37(50)45-26(2)43(53)46-22-27-17-30(24-46)33-15-10-16-38(51)47(33)23-27/h7,10,12,15-16,18-20,25-27,30,32,49,52H,6,8-9,11,13-14,17,21-24H2,1-5H3,(H,45,50)/t25-,26-,27?,30?,32?/m0/s1. The molecule has 3 N–H and O–H groups in total. The molecule has 3 unspecified atom stereocenters. The molecule has 14 nitrogen and oxygen atoms in total. The summed E-state index contributed by atoms with van der Waals surface area (Å²) >= 11 is 0. The zero-order valence-corrected chi connectivity index (χ0v) is 33.7. The number of hydrogen-bond acceptors (Lipinski definition) is 11. The number of allylic oxidation sites excluding steroid dienone is 1. The van der Waals surface area contributed by atoms with E-state index in [1.165, 1.54) is 27.4 Å². The number of ether oxygens (including phenoxy) is 4. The van der Waals surface area contributed by atoms with Crippen LogP contribution in [0.4, 0.5) is 0 Å². The number of methoxy groups -OCH3 is 3. The lowest BCUT2D eigenvalue weighted by Gasteiger charge is -2.43. The van der Waals surface area contributed by atoms with Crippen LogP contribution >= 0.6 is 0 Å². The maximum absolute atomic E-state index is 14.1. The first-order valence-corrected chi connectivity index (χ1v) is 19.9. The maximum atomic E-state index is 14.1. The Bertz CT molecular complexity index is 2120. The van der Waals surface area contributed by atoms with E-state index in [2.05, 4.69) is 5.32 Å². The number of rotatable bonds is 9. The second-order valence-corrected chi connectivity index (χ2v) is 15.5. The number of phenolic OH excluding ortho intramolecular Hbond substituents is 2. The van der Waals surface area contributed by atoms with Crippen LogP contribution < -0.4 is 25.1 Å². The number of piperidine rings is 1. The lowest BCUT2D eigenvalue weighted by Crippen LogP contribution is -2.54. The first kappa shape index (κ1) is 41.8. The van der Waals surface area contributed by atoms with Crippen molar-refractivity contribution in [2.75, 3.05) is 34.4 Å². The topological polar surface area (TPSA) is 183 Å². The van der Waals surface area contributed by atoms with Gasteiger partial charge in [-0.3, -0.25) is 19.2 Å². The molecule has 5 atom stereocenters. The van der Waals surface area contributed by atoms with Crippen molar-refractivity contribution in [2.24, 2.45) is 5.92 Å². The molecule has 1 fully saturated rings. The summed E-state index contributed by atoms with van der Waals surface area (Å²) in [5, 5.41) is 26.6. The molecule has 1 aromatic heterocycles. The fourth-order valence-electron chi connectivity index (χ4n) is 8.61. The molecule has 4 heterocycles. The minimum absolute atomic E-state index is 0.00807.